The summed E-state index contributed by atoms with van der Waals surface area (Å²) in [4.78, 5) is 12.8. The van der Waals surface area contributed by atoms with Crippen molar-refractivity contribution in [1.82, 2.24) is 0 Å². The first-order chi connectivity index (χ1) is 14.4. The second kappa shape index (κ2) is 8.35. The quantitative estimate of drug-likeness (QED) is 0.483. The summed E-state index contributed by atoms with van der Waals surface area (Å²) in [6.45, 7) is -0.565. The number of rotatable bonds is 4. The van der Waals surface area contributed by atoms with Gasteiger partial charge in [-0.3, -0.25) is 4.79 Å². The molecule has 158 valence electrons. The maximum atomic E-state index is 12.8. The van der Waals surface area contributed by atoms with Gasteiger partial charge in [0.1, 0.15) is 42.0 Å². The summed E-state index contributed by atoms with van der Waals surface area (Å²) in [7, 11) is 0. The van der Waals surface area contributed by atoms with Crippen molar-refractivity contribution in [3.8, 4) is 16.9 Å². The minimum absolute atomic E-state index is 0.203. The second-order valence-corrected chi connectivity index (χ2v) is 7.39. The van der Waals surface area contributed by atoms with Crippen molar-refractivity contribution in [3.05, 3.63) is 64.0 Å². The number of hydrogen-bond donors (Lipinski definition) is 4. The van der Waals surface area contributed by atoms with Gasteiger partial charge in [-0.1, -0.05) is 23.7 Å². The Hall–Kier alpha value is -2.46. The van der Waals surface area contributed by atoms with E-state index in [2.05, 4.69) is 0 Å². The first kappa shape index (κ1) is 20.8. The number of benzene rings is 2. The van der Waals surface area contributed by atoms with Crippen LogP contribution in [0.4, 0.5) is 0 Å². The highest BCUT2D eigenvalue weighted by atomic mass is 35.5. The first-order valence-electron chi connectivity index (χ1n) is 9.17. The molecule has 1 aliphatic heterocycles. The normalized spacial score (nSPS) is 26.6. The maximum absolute atomic E-state index is 12.8. The Kier molecular flexibility index (Phi) is 5.79. The monoisotopic (exact) mass is 434 g/mol. The summed E-state index contributed by atoms with van der Waals surface area (Å²) in [5.74, 6) is 0.203. The van der Waals surface area contributed by atoms with Crippen LogP contribution in [-0.2, 0) is 4.74 Å². The number of aliphatic hydroxyl groups excluding tert-OH is 4. The third-order valence-electron chi connectivity index (χ3n) is 5.00. The van der Waals surface area contributed by atoms with Crippen LogP contribution in [0.5, 0.6) is 5.75 Å². The lowest BCUT2D eigenvalue weighted by molar-refractivity contribution is -0.277. The van der Waals surface area contributed by atoms with E-state index >= 15 is 0 Å². The fraction of sp³-hybridized carbons (Fsp3) is 0.286. The first-order valence-corrected chi connectivity index (χ1v) is 9.55. The van der Waals surface area contributed by atoms with Gasteiger partial charge in [0.05, 0.1) is 17.6 Å². The van der Waals surface area contributed by atoms with Crippen LogP contribution < -0.4 is 10.2 Å². The van der Waals surface area contributed by atoms with Crippen LogP contribution in [0.3, 0.4) is 0 Å². The van der Waals surface area contributed by atoms with Crippen LogP contribution in [0.1, 0.15) is 0 Å². The van der Waals surface area contributed by atoms with Gasteiger partial charge < -0.3 is 34.3 Å². The molecule has 9 heteroatoms. The van der Waals surface area contributed by atoms with Gasteiger partial charge in [-0.05, 0) is 29.8 Å². The number of halogens is 1. The van der Waals surface area contributed by atoms with Crippen molar-refractivity contribution in [2.75, 3.05) is 6.61 Å². The third kappa shape index (κ3) is 3.81. The molecule has 30 heavy (non-hydrogen) atoms. The summed E-state index contributed by atoms with van der Waals surface area (Å²) in [6, 6.07) is 11.3. The average Bonchev–Trinajstić information content (AvgIpc) is 2.75. The van der Waals surface area contributed by atoms with E-state index in [1.165, 1.54) is 24.5 Å². The van der Waals surface area contributed by atoms with Crippen LogP contribution in [0.2, 0.25) is 5.02 Å². The lowest BCUT2D eigenvalue weighted by Crippen LogP contribution is -2.60. The molecule has 1 fully saturated rings. The number of fused-ring (bicyclic) bond motifs is 1. The minimum Gasteiger partial charge on any atom is -0.463 e. The number of hydrogen-bond acceptors (Lipinski definition) is 8. The molecule has 4 rings (SSSR count). The second-order valence-electron chi connectivity index (χ2n) is 6.96. The smallest absolute Gasteiger partial charge is 0.229 e. The van der Waals surface area contributed by atoms with E-state index in [-0.39, 0.29) is 16.8 Å². The molecule has 0 saturated carbocycles. The molecule has 0 aliphatic carbocycles. The van der Waals surface area contributed by atoms with Crippen LogP contribution in [0, 0.1) is 0 Å². The standard InChI is InChI=1S/C21H19ClO8/c22-11-3-1-10(2-4-11)14-9-28-15-7-12(5-6-13(15)17(14)24)29-21-20(27)19(26)18(25)16(8-23)30-21/h1-7,9,16,18-21,23,25-27H,8H2/t16-,18+,19+,20+,21-/m1/s1. The third-order valence-corrected chi connectivity index (χ3v) is 5.25. The zero-order valence-corrected chi connectivity index (χ0v) is 16.3. The lowest BCUT2D eigenvalue weighted by atomic mass is 9.99. The number of aliphatic hydroxyl groups is 4. The zero-order valence-electron chi connectivity index (χ0n) is 15.5. The van der Waals surface area contributed by atoms with Gasteiger partial charge in [0.25, 0.3) is 0 Å². The Morgan fingerprint density at radius 1 is 1.00 bits per heavy atom. The molecular weight excluding hydrogens is 416 g/mol. The molecule has 1 aliphatic rings. The molecule has 0 spiro atoms. The Bertz CT molecular complexity index is 1090. The summed E-state index contributed by atoms with van der Waals surface area (Å²) in [5.41, 5.74) is 1.05. The fourth-order valence-electron chi connectivity index (χ4n) is 3.31. The van der Waals surface area contributed by atoms with E-state index in [1.54, 1.807) is 24.3 Å². The van der Waals surface area contributed by atoms with E-state index in [0.29, 0.717) is 21.5 Å². The van der Waals surface area contributed by atoms with Crippen molar-refractivity contribution in [3.63, 3.8) is 0 Å². The van der Waals surface area contributed by atoms with Crippen LogP contribution in [0.25, 0.3) is 22.1 Å². The maximum Gasteiger partial charge on any atom is 0.229 e. The summed E-state index contributed by atoms with van der Waals surface area (Å²) in [6.07, 6.45) is -5.66. The van der Waals surface area contributed by atoms with Crippen LogP contribution in [0.15, 0.2) is 57.9 Å². The molecule has 1 aromatic heterocycles. The predicted octanol–water partition coefficient (Wildman–Crippen LogP) is 1.29. The van der Waals surface area contributed by atoms with Crippen LogP contribution in [-0.4, -0.2) is 57.7 Å². The van der Waals surface area contributed by atoms with Gasteiger partial charge in [-0.2, -0.15) is 0 Å². The van der Waals surface area contributed by atoms with Crippen LogP contribution >= 0.6 is 11.6 Å². The molecule has 1 saturated heterocycles. The summed E-state index contributed by atoms with van der Waals surface area (Å²) in [5, 5.41) is 40.0. The van der Waals surface area contributed by atoms with Gasteiger partial charge in [-0.25, -0.2) is 0 Å². The van der Waals surface area contributed by atoms with E-state index in [4.69, 9.17) is 25.5 Å². The summed E-state index contributed by atoms with van der Waals surface area (Å²) < 4.78 is 16.5. The lowest BCUT2D eigenvalue weighted by Gasteiger charge is -2.39. The van der Waals surface area contributed by atoms with Gasteiger partial charge in [-0.15, -0.1) is 0 Å². The van der Waals surface area contributed by atoms with Crippen molar-refractivity contribution >= 4 is 22.6 Å². The van der Waals surface area contributed by atoms with Crippen molar-refractivity contribution in [2.45, 2.75) is 30.7 Å². The molecule has 2 heterocycles. The van der Waals surface area contributed by atoms with E-state index in [0.717, 1.165) is 0 Å². The average molecular weight is 435 g/mol. The van der Waals surface area contributed by atoms with Gasteiger partial charge in [0.2, 0.25) is 6.29 Å². The largest absolute Gasteiger partial charge is 0.463 e. The molecule has 0 bridgehead atoms. The molecule has 5 atom stereocenters. The Balaban J connectivity index is 1.62. The highest BCUT2D eigenvalue weighted by Crippen LogP contribution is 2.27. The SMILES string of the molecule is O=c1c(-c2ccc(Cl)cc2)coc2cc(O[C@@H]3O[C@H](CO)[C@H](O)[C@H](O)[C@@H]3O)ccc12. The number of ether oxygens (including phenoxy) is 2. The van der Waals surface area contributed by atoms with Gasteiger partial charge in [0, 0.05) is 11.1 Å². The van der Waals surface area contributed by atoms with Gasteiger partial charge >= 0.3 is 0 Å². The molecule has 3 aromatic rings. The molecule has 2 aromatic carbocycles. The fourth-order valence-corrected chi connectivity index (χ4v) is 3.44. The molecular formula is C21H19ClO8. The highest BCUT2D eigenvalue weighted by Gasteiger charge is 2.44. The van der Waals surface area contributed by atoms with Crippen molar-refractivity contribution in [2.24, 2.45) is 0 Å². The Labute approximate surface area is 175 Å². The summed E-state index contributed by atoms with van der Waals surface area (Å²) >= 11 is 5.89. The highest BCUT2D eigenvalue weighted by molar-refractivity contribution is 6.30. The van der Waals surface area contributed by atoms with E-state index < -0.39 is 37.3 Å². The zero-order chi connectivity index (χ0) is 21.4. The molecule has 0 radical (unpaired) electrons. The van der Waals surface area contributed by atoms with Crippen molar-refractivity contribution < 1.29 is 34.3 Å². The molecule has 8 nitrogen and oxygen atoms in total. The van der Waals surface area contributed by atoms with Crippen molar-refractivity contribution in [1.29, 1.82) is 0 Å². The Morgan fingerprint density at radius 2 is 1.73 bits per heavy atom. The molecule has 0 amide bonds. The van der Waals surface area contributed by atoms with E-state index in [9.17, 15) is 25.2 Å². The topological polar surface area (TPSA) is 130 Å². The minimum atomic E-state index is -1.55. The molecule has 4 N–H and O–H groups in total. The van der Waals surface area contributed by atoms with E-state index in [1.807, 2.05) is 0 Å². The van der Waals surface area contributed by atoms with Gasteiger partial charge in [0.15, 0.2) is 5.43 Å². The predicted molar refractivity (Wildman–Crippen MR) is 107 cm³/mol. The molecule has 0 unspecified atom stereocenters. The Morgan fingerprint density at radius 3 is 2.43 bits per heavy atom.